The SMILES string of the molecule is Cl.Cl.Cl.[Al+3].[AlH3].[HH].[Li+]. The van der Waals surface area contributed by atoms with Crippen molar-refractivity contribution in [1.29, 1.82) is 0 Å². The Hall–Kier alpha value is 2.53. The molecular formula is H8Al2Cl3Li+4. The van der Waals surface area contributed by atoms with Crippen LogP contribution in [0.15, 0.2) is 0 Å². The first-order valence-corrected chi connectivity index (χ1v) is 0. The van der Waals surface area contributed by atoms with Crippen LogP contribution in [0, 0.1) is 0 Å². The minimum atomic E-state index is 0. The maximum absolute atomic E-state index is 0. The van der Waals surface area contributed by atoms with Gasteiger partial charge < -0.3 is 0 Å². The van der Waals surface area contributed by atoms with Crippen LogP contribution in [0.25, 0.3) is 0 Å². The maximum Gasteiger partial charge on any atom is 3.00 e. The predicted molar refractivity (Wildman–Crippen MR) is 39.6 cm³/mol. The van der Waals surface area contributed by atoms with E-state index in [1.807, 2.05) is 0 Å². The van der Waals surface area contributed by atoms with Gasteiger partial charge in [-0.15, -0.1) is 37.2 Å². The van der Waals surface area contributed by atoms with Gasteiger partial charge in [-0.25, -0.2) is 0 Å². The van der Waals surface area contributed by atoms with E-state index in [1.165, 1.54) is 0 Å². The molecule has 0 radical (unpaired) electrons. The number of hydrogen-bond acceptors (Lipinski definition) is 0. The van der Waals surface area contributed by atoms with Crippen molar-refractivity contribution in [2.45, 2.75) is 0 Å². The van der Waals surface area contributed by atoms with E-state index in [0.29, 0.717) is 0 Å². The summed E-state index contributed by atoms with van der Waals surface area (Å²) in [6.45, 7) is 0. The van der Waals surface area contributed by atoms with E-state index in [0.717, 1.165) is 0 Å². The van der Waals surface area contributed by atoms with Gasteiger partial charge in [0.15, 0.2) is 17.4 Å². The van der Waals surface area contributed by atoms with E-state index >= 15 is 0 Å². The molecule has 0 aromatic rings. The van der Waals surface area contributed by atoms with E-state index in [2.05, 4.69) is 0 Å². The maximum atomic E-state index is 0. The van der Waals surface area contributed by atoms with Gasteiger partial charge in [0.2, 0.25) is 0 Å². The summed E-state index contributed by atoms with van der Waals surface area (Å²) in [6.07, 6.45) is 0. The van der Waals surface area contributed by atoms with Crippen LogP contribution in [0.2, 0.25) is 0 Å². The second-order valence-electron chi connectivity index (χ2n) is 0. The Morgan fingerprint density at radius 3 is 0.833 bits per heavy atom. The molecule has 0 aromatic heterocycles. The van der Waals surface area contributed by atoms with Gasteiger partial charge in [-0.1, -0.05) is 0 Å². The Morgan fingerprint density at radius 2 is 0.833 bits per heavy atom. The first-order valence-electron chi connectivity index (χ1n) is 0. The van der Waals surface area contributed by atoms with Gasteiger partial charge in [0.25, 0.3) is 0 Å². The van der Waals surface area contributed by atoms with Gasteiger partial charge >= 0.3 is 36.2 Å². The Kier molecular flexibility index (Phi) is 631. The summed E-state index contributed by atoms with van der Waals surface area (Å²) in [6, 6.07) is 0. The molecule has 0 spiro atoms. The fourth-order valence-corrected chi connectivity index (χ4v) is 0. The largest absolute Gasteiger partial charge is 3.00 e. The normalized spacial score (nSPS) is 0. The molecule has 0 saturated carbocycles. The Morgan fingerprint density at radius 1 is 0.833 bits per heavy atom. The Bertz CT molecular complexity index is 12.9. The molecule has 0 aliphatic heterocycles. The minimum absolute atomic E-state index is 0. The molecule has 0 atom stereocenters. The van der Waals surface area contributed by atoms with Crippen molar-refractivity contribution in [1.82, 2.24) is 0 Å². The minimum Gasteiger partial charge on any atom is -0.147 e. The second kappa shape index (κ2) is 50.1. The van der Waals surface area contributed by atoms with Gasteiger partial charge in [0.05, 0.1) is 0 Å². The number of hydrogen-bond donors (Lipinski definition) is 0. The quantitative estimate of drug-likeness (QED) is 0.343. The van der Waals surface area contributed by atoms with Crippen LogP contribution in [-0.4, -0.2) is 34.7 Å². The summed E-state index contributed by atoms with van der Waals surface area (Å²) in [7, 11) is 0. The van der Waals surface area contributed by atoms with Crippen molar-refractivity contribution >= 4 is 71.9 Å². The van der Waals surface area contributed by atoms with Crippen LogP contribution in [0.1, 0.15) is 1.43 Å². The number of rotatable bonds is 0. The summed E-state index contributed by atoms with van der Waals surface area (Å²) in [5, 5.41) is 0. The fourth-order valence-electron chi connectivity index (χ4n) is 0. The first kappa shape index (κ1) is 75.5. The zero-order valence-corrected chi connectivity index (χ0v) is 6.41. The molecule has 0 aliphatic rings. The van der Waals surface area contributed by atoms with Crippen molar-refractivity contribution in [2.24, 2.45) is 0 Å². The topological polar surface area (TPSA) is 0 Å². The fraction of sp³-hybridized carbons (Fsp3) is 0. The van der Waals surface area contributed by atoms with Gasteiger partial charge in [-0.3, -0.25) is 0 Å². The average Bonchev–Trinajstić information content (AvgIpc) is 0. The molecule has 0 saturated heterocycles. The summed E-state index contributed by atoms with van der Waals surface area (Å²) in [5.41, 5.74) is 0. The number of halogens is 3. The third-order valence-corrected chi connectivity index (χ3v) is 0. The van der Waals surface area contributed by atoms with Crippen LogP contribution in [0.4, 0.5) is 0 Å². The molecule has 0 nitrogen and oxygen atoms in total. The predicted octanol–water partition coefficient (Wildman–Crippen LogP) is -3.05. The van der Waals surface area contributed by atoms with Crippen LogP contribution in [0.3, 0.4) is 0 Å². The molecular weight excluding hydrogens is 167 g/mol. The molecule has 0 rings (SSSR count). The van der Waals surface area contributed by atoms with E-state index in [1.54, 1.807) is 0 Å². The molecule has 0 bridgehead atoms. The van der Waals surface area contributed by atoms with E-state index in [4.69, 9.17) is 0 Å². The zero-order valence-electron chi connectivity index (χ0n) is 2.80. The van der Waals surface area contributed by atoms with Crippen molar-refractivity contribution < 1.29 is 20.3 Å². The van der Waals surface area contributed by atoms with Gasteiger partial charge in [-0.05, 0) is 0 Å². The van der Waals surface area contributed by atoms with Gasteiger partial charge in [0, 0.05) is 1.43 Å². The molecule has 0 heterocycles. The third-order valence-electron chi connectivity index (χ3n) is 0. The van der Waals surface area contributed by atoms with Crippen molar-refractivity contribution in [3.63, 3.8) is 0 Å². The van der Waals surface area contributed by atoms with Gasteiger partial charge in [0.1, 0.15) is 0 Å². The zero-order chi connectivity index (χ0) is 0. The van der Waals surface area contributed by atoms with Crippen molar-refractivity contribution in [3.05, 3.63) is 0 Å². The molecule has 6 heteroatoms. The van der Waals surface area contributed by atoms with Crippen molar-refractivity contribution in [2.75, 3.05) is 0 Å². The Labute approximate surface area is 91.4 Å². The van der Waals surface area contributed by atoms with E-state index in [-0.39, 0.29) is 92.2 Å². The third kappa shape index (κ3) is 31.2. The second-order valence-corrected chi connectivity index (χ2v) is 0. The molecule has 0 aliphatic carbocycles. The van der Waals surface area contributed by atoms with E-state index in [9.17, 15) is 0 Å². The van der Waals surface area contributed by atoms with Gasteiger partial charge in [-0.2, -0.15) is 0 Å². The first-order chi connectivity index (χ1) is 0. The standard InChI is InChI=1S/2Al.3ClH.Li.H2.3H/h;;3*1H;;1H;;;/q;+3;;;;+1;;;;. The van der Waals surface area contributed by atoms with Crippen molar-refractivity contribution in [3.8, 4) is 0 Å². The summed E-state index contributed by atoms with van der Waals surface area (Å²) in [5.74, 6) is 0. The molecule has 0 aromatic carbocycles. The van der Waals surface area contributed by atoms with Crippen LogP contribution < -0.4 is 18.9 Å². The average molecular weight is 175 g/mol. The summed E-state index contributed by atoms with van der Waals surface area (Å²) >= 11 is 0. The molecule has 0 unspecified atom stereocenters. The molecule has 0 fully saturated rings. The van der Waals surface area contributed by atoms with Crippen LogP contribution in [0.5, 0.6) is 0 Å². The summed E-state index contributed by atoms with van der Waals surface area (Å²) in [4.78, 5) is 0. The van der Waals surface area contributed by atoms with E-state index < -0.39 is 0 Å². The molecule has 32 valence electrons. The molecule has 6 heavy (non-hydrogen) atoms. The Balaban J connectivity index is 0. The monoisotopic (exact) mass is 174 g/mol. The van der Waals surface area contributed by atoms with Crippen LogP contribution >= 0.6 is 37.2 Å². The smallest absolute Gasteiger partial charge is 0.147 e. The van der Waals surface area contributed by atoms with Crippen LogP contribution in [-0.2, 0) is 0 Å². The molecule has 0 N–H and O–H groups in total. The molecule has 0 amide bonds. The summed E-state index contributed by atoms with van der Waals surface area (Å²) < 4.78 is 0.